The first-order chi connectivity index (χ1) is 8.29. The molecule has 0 atom stereocenters. The van der Waals surface area contributed by atoms with E-state index in [1.54, 1.807) is 16.8 Å². The van der Waals surface area contributed by atoms with Crippen molar-refractivity contribution in [2.45, 2.75) is 19.3 Å². The lowest BCUT2D eigenvalue weighted by atomic mass is 10.2. The third-order valence-corrected chi connectivity index (χ3v) is 2.52. The number of benzene rings is 1. The number of nitrogens with zero attached hydrogens (tertiary/aromatic N) is 3. The molecule has 4 nitrogen and oxygen atoms in total. The summed E-state index contributed by atoms with van der Waals surface area (Å²) in [5, 5.41) is 8.07. The van der Waals surface area contributed by atoms with E-state index >= 15 is 0 Å². The second-order valence-corrected chi connectivity index (χ2v) is 3.88. The molecule has 2 aromatic rings. The maximum Gasteiger partial charge on any atom is 0.123 e. The summed E-state index contributed by atoms with van der Waals surface area (Å²) < 4.78 is 14.4. The van der Waals surface area contributed by atoms with Crippen molar-refractivity contribution >= 4 is 0 Å². The Kier molecular flexibility index (Phi) is 3.82. The summed E-state index contributed by atoms with van der Waals surface area (Å²) in [4.78, 5) is 0. The van der Waals surface area contributed by atoms with Crippen LogP contribution in [0.25, 0.3) is 5.69 Å². The van der Waals surface area contributed by atoms with Crippen molar-refractivity contribution in [3.8, 4) is 5.69 Å². The minimum Gasteiger partial charge on any atom is -0.330 e. The predicted molar refractivity (Wildman–Crippen MR) is 63.3 cm³/mol. The molecule has 2 N–H and O–H groups in total. The highest BCUT2D eigenvalue weighted by atomic mass is 19.1. The molecule has 0 aliphatic rings. The van der Waals surface area contributed by atoms with Gasteiger partial charge in [-0.05, 0) is 50.1 Å². The normalized spacial score (nSPS) is 10.7. The topological polar surface area (TPSA) is 56.7 Å². The van der Waals surface area contributed by atoms with Crippen LogP contribution in [0.15, 0.2) is 30.5 Å². The Bertz CT molecular complexity index is 464. The number of nitrogens with two attached hydrogens (primary N) is 1. The fourth-order valence-electron chi connectivity index (χ4n) is 1.58. The van der Waals surface area contributed by atoms with Gasteiger partial charge in [-0.25, -0.2) is 9.07 Å². The van der Waals surface area contributed by atoms with Gasteiger partial charge >= 0.3 is 0 Å². The van der Waals surface area contributed by atoms with Gasteiger partial charge in [0.25, 0.3) is 0 Å². The van der Waals surface area contributed by atoms with Crippen LogP contribution in [-0.2, 0) is 6.42 Å². The minimum atomic E-state index is -0.253. The molecule has 90 valence electrons. The molecular weight excluding hydrogens is 219 g/mol. The van der Waals surface area contributed by atoms with Crippen molar-refractivity contribution in [3.63, 3.8) is 0 Å². The largest absolute Gasteiger partial charge is 0.330 e. The quantitative estimate of drug-likeness (QED) is 0.801. The fourth-order valence-corrected chi connectivity index (χ4v) is 1.58. The zero-order valence-electron chi connectivity index (χ0n) is 9.51. The van der Waals surface area contributed by atoms with E-state index in [1.807, 2.05) is 6.20 Å². The van der Waals surface area contributed by atoms with Crippen LogP contribution in [-0.4, -0.2) is 21.5 Å². The van der Waals surface area contributed by atoms with E-state index in [0.717, 1.165) is 30.6 Å². The highest BCUT2D eigenvalue weighted by molar-refractivity contribution is 5.30. The summed E-state index contributed by atoms with van der Waals surface area (Å²) in [6.45, 7) is 0.700. The van der Waals surface area contributed by atoms with E-state index in [0.29, 0.717) is 6.54 Å². The molecule has 0 amide bonds. The third kappa shape index (κ3) is 3.10. The van der Waals surface area contributed by atoms with Crippen molar-refractivity contribution in [2.24, 2.45) is 5.73 Å². The molecule has 1 heterocycles. The predicted octanol–water partition coefficient (Wildman–Crippen LogP) is 1.69. The van der Waals surface area contributed by atoms with Gasteiger partial charge in [-0.1, -0.05) is 5.21 Å². The molecule has 0 spiro atoms. The number of aromatic nitrogens is 3. The summed E-state index contributed by atoms with van der Waals surface area (Å²) in [6.07, 6.45) is 4.74. The third-order valence-electron chi connectivity index (χ3n) is 2.52. The van der Waals surface area contributed by atoms with Crippen molar-refractivity contribution < 1.29 is 4.39 Å². The first kappa shape index (κ1) is 11.7. The molecule has 0 aliphatic carbocycles. The highest BCUT2D eigenvalue weighted by Crippen LogP contribution is 2.09. The second-order valence-electron chi connectivity index (χ2n) is 3.88. The number of halogens is 1. The Morgan fingerprint density at radius 3 is 2.65 bits per heavy atom. The van der Waals surface area contributed by atoms with Gasteiger partial charge < -0.3 is 5.73 Å². The van der Waals surface area contributed by atoms with Crippen LogP contribution in [0, 0.1) is 5.82 Å². The first-order valence-corrected chi connectivity index (χ1v) is 5.67. The molecule has 0 saturated carbocycles. The molecule has 0 saturated heterocycles. The van der Waals surface area contributed by atoms with Crippen LogP contribution in [0.1, 0.15) is 18.5 Å². The summed E-state index contributed by atoms with van der Waals surface area (Å²) in [6, 6.07) is 6.16. The van der Waals surface area contributed by atoms with Crippen molar-refractivity contribution in [1.82, 2.24) is 15.0 Å². The van der Waals surface area contributed by atoms with Crippen LogP contribution >= 0.6 is 0 Å². The highest BCUT2D eigenvalue weighted by Gasteiger charge is 2.02. The van der Waals surface area contributed by atoms with E-state index in [9.17, 15) is 4.39 Å². The van der Waals surface area contributed by atoms with Gasteiger partial charge in [0.15, 0.2) is 0 Å². The molecular formula is C12H15FN4. The van der Waals surface area contributed by atoms with Gasteiger partial charge in [-0.2, -0.15) is 0 Å². The van der Waals surface area contributed by atoms with Crippen molar-refractivity contribution in [1.29, 1.82) is 0 Å². The zero-order valence-corrected chi connectivity index (χ0v) is 9.51. The first-order valence-electron chi connectivity index (χ1n) is 5.67. The van der Waals surface area contributed by atoms with Gasteiger partial charge in [0, 0.05) is 0 Å². The number of rotatable bonds is 5. The Labute approximate surface area is 99.2 Å². The fraction of sp³-hybridized carbons (Fsp3) is 0.333. The molecule has 0 radical (unpaired) electrons. The Balaban J connectivity index is 2.04. The van der Waals surface area contributed by atoms with Crippen LogP contribution in [0.5, 0.6) is 0 Å². The molecule has 5 heteroatoms. The Hall–Kier alpha value is -1.75. The second kappa shape index (κ2) is 5.54. The molecule has 1 aromatic heterocycles. The average Bonchev–Trinajstić information content (AvgIpc) is 2.79. The lowest BCUT2D eigenvalue weighted by Crippen LogP contribution is -1.99. The summed E-state index contributed by atoms with van der Waals surface area (Å²) in [7, 11) is 0. The Morgan fingerprint density at radius 2 is 1.94 bits per heavy atom. The monoisotopic (exact) mass is 234 g/mol. The standard InChI is InChI=1S/C12H15FN4/c13-10-4-6-12(7-5-10)17-9-11(15-16-17)3-1-2-8-14/h4-7,9H,1-3,8,14H2. The summed E-state index contributed by atoms with van der Waals surface area (Å²) in [5.74, 6) is -0.253. The van der Waals surface area contributed by atoms with Gasteiger partial charge in [-0.15, -0.1) is 5.10 Å². The molecule has 2 rings (SSSR count). The van der Waals surface area contributed by atoms with Gasteiger partial charge in [0.05, 0.1) is 17.6 Å². The smallest absolute Gasteiger partial charge is 0.123 e. The van der Waals surface area contributed by atoms with Gasteiger partial charge in [0.2, 0.25) is 0 Å². The zero-order chi connectivity index (χ0) is 12.1. The molecule has 0 bridgehead atoms. The summed E-state index contributed by atoms with van der Waals surface area (Å²) in [5.41, 5.74) is 7.17. The number of hydrogen-bond donors (Lipinski definition) is 1. The van der Waals surface area contributed by atoms with Crippen LogP contribution in [0.3, 0.4) is 0 Å². The van der Waals surface area contributed by atoms with E-state index in [-0.39, 0.29) is 5.82 Å². The van der Waals surface area contributed by atoms with E-state index in [4.69, 9.17) is 5.73 Å². The minimum absolute atomic E-state index is 0.253. The van der Waals surface area contributed by atoms with Gasteiger partial charge in [0.1, 0.15) is 5.82 Å². The SMILES string of the molecule is NCCCCc1cn(-c2ccc(F)cc2)nn1. The van der Waals surface area contributed by atoms with Gasteiger partial charge in [-0.3, -0.25) is 0 Å². The molecule has 0 unspecified atom stereocenters. The van der Waals surface area contributed by atoms with Crippen LogP contribution < -0.4 is 5.73 Å². The molecule has 1 aromatic carbocycles. The van der Waals surface area contributed by atoms with Crippen LogP contribution in [0.4, 0.5) is 4.39 Å². The maximum absolute atomic E-state index is 12.8. The van der Waals surface area contributed by atoms with E-state index in [1.165, 1.54) is 12.1 Å². The Morgan fingerprint density at radius 1 is 1.18 bits per heavy atom. The average molecular weight is 234 g/mol. The van der Waals surface area contributed by atoms with E-state index in [2.05, 4.69) is 10.3 Å². The maximum atomic E-state index is 12.8. The number of aryl methyl sites for hydroxylation is 1. The number of unbranched alkanes of at least 4 members (excludes halogenated alkanes) is 1. The summed E-state index contributed by atoms with van der Waals surface area (Å²) >= 11 is 0. The van der Waals surface area contributed by atoms with Crippen LogP contribution in [0.2, 0.25) is 0 Å². The lowest BCUT2D eigenvalue weighted by molar-refractivity contribution is 0.626. The van der Waals surface area contributed by atoms with Crippen molar-refractivity contribution in [3.05, 3.63) is 42.0 Å². The van der Waals surface area contributed by atoms with Crippen molar-refractivity contribution in [2.75, 3.05) is 6.54 Å². The molecule has 17 heavy (non-hydrogen) atoms. The lowest BCUT2D eigenvalue weighted by Gasteiger charge is -1.98. The van der Waals surface area contributed by atoms with E-state index < -0.39 is 0 Å². The number of hydrogen-bond acceptors (Lipinski definition) is 3. The molecule has 0 fully saturated rings. The molecule has 0 aliphatic heterocycles.